The molecule has 1 heterocycles. The van der Waals surface area contributed by atoms with Crippen molar-refractivity contribution >= 4 is 24.3 Å². The van der Waals surface area contributed by atoms with Crippen LogP contribution in [0.25, 0.3) is 0 Å². The Balaban J connectivity index is 2.23. The van der Waals surface area contributed by atoms with Gasteiger partial charge < -0.3 is 4.52 Å². The molecule has 0 radical (unpaired) electrons. The van der Waals surface area contributed by atoms with Gasteiger partial charge in [-0.15, -0.1) is 0 Å². The number of unbranched alkanes of at least 4 members (excludes halogenated alkanes) is 1. The van der Waals surface area contributed by atoms with E-state index < -0.39 is 7.37 Å². The first-order valence-electron chi connectivity index (χ1n) is 7.04. The van der Waals surface area contributed by atoms with Crippen molar-refractivity contribution in [3.63, 3.8) is 0 Å². The molecule has 0 amide bonds. The maximum Gasteiger partial charge on any atom is 0.236 e. The van der Waals surface area contributed by atoms with Crippen LogP contribution in [0.2, 0.25) is 5.15 Å². The molecule has 1 aromatic carbocycles. The minimum absolute atomic E-state index is 0.338. The SMILES string of the molecule is CCCCOP(=O)(Cc1ccc(Cl)nc1)c1ccccc1. The smallest absolute Gasteiger partial charge is 0.236 e. The van der Waals surface area contributed by atoms with Crippen LogP contribution in [0.3, 0.4) is 0 Å². The van der Waals surface area contributed by atoms with Crippen molar-refractivity contribution in [2.24, 2.45) is 0 Å². The molecule has 112 valence electrons. The lowest BCUT2D eigenvalue weighted by molar-refractivity contribution is 0.311. The molecule has 0 N–H and O–H groups in total. The summed E-state index contributed by atoms with van der Waals surface area (Å²) in [5, 5.41) is 1.18. The van der Waals surface area contributed by atoms with Gasteiger partial charge in [-0.2, -0.15) is 0 Å². The summed E-state index contributed by atoms with van der Waals surface area (Å²) in [6.07, 6.45) is 3.90. The Labute approximate surface area is 130 Å². The minimum atomic E-state index is -2.92. The predicted octanol–water partition coefficient (Wildman–Crippen LogP) is 4.66. The maximum absolute atomic E-state index is 13.3. The second-order valence-corrected chi connectivity index (χ2v) is 7.67. The van der Waals surface area contributed by atoms with Crippen molar-refractivity contribution in [2.45, 2.75) is 25.9 Å². The normalized spacial score (nSPS) is 13.8. The van der Waals surface area contributed by atoms with Crippen LogP contribution < -0.4 is 5.30 Å². The van der Waals surface area contributed by atoms with E-state index in [1.165, 1.54) is 0 Å². The van der Waals surface area contributed by atoms with Crippen LogP contribution in [-0.2, 0) is 15.3 Å². The fraction of sp³-hybridized carbons (Fsp3) is 0.312. The lowest BCUT2D eigenvalue weighted by atomic mass is 10.3. The summed E-state index contributed by atoms with van der Waals surface area (Å²) < 4.78 is 19.0. The monoisotopic (exact) mass is 323 g/mol. The van der Waals surface area contributed by atoms with Crippen molar-refractivity contribution in [3.8, 4) is 0 Å². The van der Waals surface area contributed by atoms with Crippen LogP contribution in [0.5, 0.6) is 0 Å². The standard InChI is InChI=1S/C16H19ClNO2P/c1-2-3-11-20-21(19,15-7-5-4-6-8-15)13-14-9-10-16(17)18-12-14/h4-10,12H,2-3,11,13H2,1H3. The van der Waals surface area contributed by atoms with E-state index in [1.54, 1.807) is 12.3 Å². The summed E-state index contributed by atoms with van der Waals surface area (Å²) in [5.41, 5.74) is 0.864. The summed E-state index contributed by atoms with van der Waals surface area (Å²) in [6.45, 7) is 2.59. The van der Waals surface area contributed by atoms with Crippen molar-refractivity contribution in [3.05, 3.63) is 59.4 Å². The van der Waals surface area contributed by atoms with Crippen LogP contribution in [0, 0.1) is 0 Å². The molecule has 21 heavy (non-hydrogen) atoms. The lowest BCUT2D eigenvalue weighted by Crippen LogP contribution is -2.10. The third-order valence-electron chi connectivity index (χ3n) is 3.13. The van der Waals surface area contributed by atoms with Gasteiger partial charge in [-0.3, -0.25) is 4.57 Å². The number of hydrogen-bond acceptors (Lipinski definition) is 3. The summed E-state index contributed by atoms with van der Waals surface area (Å²) in [7, 11) is -2.92. The number of halogens is 1. The largest absolute Gasteiger partial charge is 0.325 e. The van der Waals surface area contributed by atoms with E-state index in [9.17, 15) is 4.57 Å². The van der Waals surface area contributed by atoms with Gasteiger partial charge in [-0.25, -0.2) is 4.98 Å². The van der Waals surface area contributed by atoms with E-state index >= 15 is 0 Å². The maximum atomic E-state index is 13.3. The third-order valence-corrected chi connectivity index (χ3v) is 5.82. The topological polar surface area (TPSA) is 39.2 Å². The van der Waals surface area contributed by atoms with Crippen molar-refractivity contribution in [2.75, 3.05) is 6.61 Å². The Hall–Kier alpha value is -1.15. The fourth-order valence-electron chi connectivity index (χ4n) is 1.96. The first-order valence-corrected chi connectivity index (χ1v) is 9.22. The Kier molecular flexibility index (Phi) is 5.98. The number of aromatic nitrogens is 1. The van der Waals surface area contributed by atoms with Crippen LogP contribution >= 0.6 is 19.0 Å². The van der Waals surface area contributed by atoms with Gasteiger partial charge in [-0.1, -0.05) is 49.2 Å². The minimum Gasteiger partial charge on any atom is -0.325 e. The van der Waals surface area contributed by atoms with Gasteiger partial charge in [0.25, 0.3) is 0 Å². The van der Waals surface area contributed by atoms with Gasteiger partial charge >= 0.3 is 0 Å². The zero-order chi connectivity index (χ0) is 15.1. The van der Waals surface area contributed by atoms with Crippen LogP contribution in [0.4, 0.5) is 0 Å². The highest BCUT2D eigenvalue weighted by Gasteiger charge is 2.26. The Morgan fingerprint density at radius 1 is 1.19 bits per heavy atom. The number of hydrogen-bond donors (Lipinski definition) is 0. The van der Waals surface area contributed by atoms with Crippen LogP contribution in [0.1, 0.15) is 25.3 Å². The van der Waals surface area contributed by atoms with Crippen molar-refractivity contribution in [1.82, 2.24) is 4.98 Å². The van der Waals surface area contributed by atoms with E-state index in [-0.39, 0.29) is 0 Å². The molecule has 1 atom stereocenters. The third kappa shape index (κ3) is 4.67. The molecule has 0 bridgehead atoms. The first-order chi connectivity index (χ1) is 10.1. The predicted molar refractivity (Wildman–Crippen MR) is 87.5 cm³/mol. The molecule has 0 spiro atoms. The van der Waals surface area contributed by atoms with E-state index in [0.29, 0.717) is 17.9 Å². The molecule has 1 aromatic heterocycles. The quantitative estimate of drug-likeness (QED) is 0.423. The number of pyridine rings is 1. The summed E-state index contributed by atoms with van der Waals surface area (Å²) in [6, 6.07) is 12.9. The van der Waals surface area contributed by atoms with Crippen molar-refractivity contribution in [1.29, 1.82) is 0 Å². The Morgan fingerprint density at radius 3 is 2.57 bits per heavy atom. The Morgan fingerprint density at radius 2 is 1.95 bits per heavy atom. The van der Waals surface area contributed by atoms with Gasteiger partial charge in [0.2, 0.25) is 7.37 Å². The molecule has 0 aliphatic heterocycles. The molecular weight excluding hydrogens is 305 g/mol. The van der Waals surface area contributed by atoms with E-state index in [2.05, 4.69) is 11.9 Å². The molecule has 0 aliphatic rings. The summed E-state index contributed by atoms with van der Waals surface area (Å²) >= 11 is 5.79. The average Bonchev–Trinajstić information content (AvgIpc) is 2.51. The summed E-state index contributed by atoms with van der Waals surface area (Å²) in [4.78, 5) is 4.04. The van der Waals surface area contributed by atoms with E-state index in [4.69, 9.17) is 16.1 Å². The molecule has 0 fully saturated rings. The lowest BCUT2D eigenvalue weighted by Gasteiger charge is -2.19. The van der Waals surface area contributed by atoms with Gasteiger partial charge in [-0.05, 0) is 30.2 Å². The molecule has 0 saturated carbocycles. The highest BCUT2D eigenvalue weighted by Crippen LogP contribution is 2.49. The summed E-state index contributed by atoms with van der Waals surface area (Å²) in [5.74, 6) is 0. The molecule has 0 saturated heterocycles. The molecule has 5 heteroatoms. The van der Waals surface area contributed by atoms with Gasteiger partial charge in [0, 0.05) is 11.5 Å². The Bertz CT molecular complexity index is 601. The molecule has 2 rings (SSSR count). The molecule has 1 unspecified atom stereocenters. The number of rotatable bonds is 7. The highest BCUT2D eigenvalue weighted by molar-refractivity contribution is 7.66. The zero-order valence-electron chi connectivity index (χ0n) is 12.0. The molecule has 0 aliphatic carbocycles. The fourth-order valence-corrected chi connectivity index (χ4v) is 4.22. The average molecular weight is 324 g/mol. The number of nitrogens with zero attached hydrogens (tertiary/aromatic N) is 1. The molecular formula is C16H19ClNO2P. The second kappa shape index (κ2) is 7.74. The highest BCUT2D eigenvalue weighted by atomic mass is 35.5. The van der Waals surface area contributed by atoms with E-state index in [0.717, 1.165) is 23.7 Å². The van der Waals surface area contributed by atoms with Gasteiger partial charge in [0.15, 0.2) is 0 Å². The number of benzene rings is 1. The van der Waals surface area contributed by atoms with Gasteiger partial charge in [0.05, 0.1) is 12.8 Å². The van der Waals surface area contributed by atoms with E-state index in [1.807, 2.05) is 36.4 Å². The molecule has 2 aromatic rings. The first kappa shape index (κ1) is 16.2. The van der Waals surface area contributed by atoms with Crippen LogP contribution in [0.15, 0.2) is 48.7 Å². The van der Waals surface area contributed by atoms with Crippen molar-refractivity contribution < 1.29 is 9.09 Å². The second-order valence-electron chi connectivity index (χ2n) is 4.84. The van der Waals surface area contributed by atoms with Crippen LogP contribution in [-0.4, -0.2) is 11.6 Å². The zero-order valence-corrected chi connectivity index (χ0v) is 13.7. The van der Waals surface area contributed by atoms with Gasteiger partial charge in [0.1, 0.15) is 5.15 Å². The molecule has 3 nitrogen and oxygen atoms in total.